The van der Waals surface area contributed by atoms with Gasteiger partial charge in [-0.25, -0.2) is 0 Å². The van der Waals surface area contributed by atoms with Crippen LogP contribution in [0, 0.1) is 34.6 Å². The Morgan fingerprint density at radius 3 is 1.85 bits per heavy atom. The molecule has 0 N–H and O–H groups in total. The van der Waals surface area contributed by atoms with Crippen LogP contribution in [0.1, 0.15) is 27.8 Å². The summed E-state index contributed by atoms with van der Waals surface area (Å²) in [4.78, 5) is 2.19. The quantitative estimate of drug-likeness (QED) is 0.205. The van der Waals surface area contributed by atoms with Gasteiger partial charge in [0.05, 0.1) is 10.8 Å². The maximum atomic E-state index is 2.44. The van der Waals surface area contributed by atoms with Crippen molar-refractivity contribution in [3.8, 4) is 16.8 Å². The van der Waals surface area contributed by atoms with E-state index in [9.17, 15) is 0 Å². The molecular formula is C32H33N2+. The molecule has 2 nitrogen and oxygen atoms in total. The fraction of sp³-hybridized carbons (Fsp3) is 0.219. The van der Waals surface area contributed by atoms with Gasteiger partial charge in [0.1, 0.15) is 0 Å². The van der Waals surface area contributed by atoms with Gasteiger partial charge in [0, 0.05) is 49.6 Å². The molecule has 0 atom stereocenters. The van der Waals surface area contributed by atoms with Gasteiger partial charge in [-0.1, -0.05) is 42.0 Å². The average Bonchev–Trinajstić information content (AvgIpc) is 2.78. The number of aryl methyl sites for hydroxylation is 5. The summed E-state index contributed by atoms with van der Waals surface area (Å²) in [5, 5.41) is 2.61. The van der Waals surface area contributed by atoms with Crippen molar-refractivity contribution in [1.29, 1.82) is 0 Å². The number of para-hydroxylation sites is 1. The first-order chi connectivity index (χ1) is 16.3. The Bertz CT molecular complexity index is 1540. The molecule has 4 aromatic carbocycles. The predicted molar refractivity (Wildman–Crippen MR) is 146 cm³/mol. The topological polar surface area (TPSA) is 7.12 Å². The number of nitrogens with zero attached hydrogens (tertiary/aromatic N) is 2. The van der Waals surface area contributed by atoms with Crippen LogP contribution in [0.25, 0.3) is 38.6 Å². The summed E-state index contributed by atoms with van der Waals surface area (Å²) in [6.07, 6.45) is 0. The van der Waals surface area contributed by atoms with Crippen molar-refractivity contribution in [2.45, 2.75) is 34.6 Å². The third kappa shape index (κ3) is 3.54. The maximum absolute atomic E-state index is 2.44. The number of aromatic nitrogens is 1. The van der Waals surface area contributed by atoms with Gasteiger partial charge in [-0.2, -0.15) is 4.57 Å². The van der Waals surface area contributed by atoms with Crippen LogP contribution in [0.2, 0.25) is 0 Å². The van der Waals surface area contributed by atoms with Gasteiger partial charge in [-0.3, -0.25) is 0 Å². The number of hydrogen-bond donors (Lipinski definition) is 0. The van der Waals surface area contributed by atoms with Gasteiger partial charge >= 0.3 is 0 Å². The minimum Gasteiger partial charge on any atom is -0.378 e. The number of hydrogen-bond acceptors (Lipinski definition) is 1. The molecule has 0 fully saturated rings. The SMILES string of the molecule is Cc1cc(C)c(-c2c3cc(N(C)C)ccc3[n+](-c3ccccc3)c3cc(C)cc(C)c23)c(C)c1. The van der Waals surface area contributed by atoms with Crippen LogP contribution in [-0.2, 0) is 0 Å². The minimum atomic E-state index is 1.18. The minimum absolute atomic E-state index is 1.18. The second kappa shape index (κ2) is 8.29. The van der Waals surface area contributed by atoms with Crippen molar-refractivity contribution in [2.75, 3.05) is 19.0 Å². The van der Waals surface area contributed by atoms with Crippen molar-refractivity contribution in [1.82, 2.24) is 0 Å². The van der Waals surface area contributed by atoms with E-state index in [1.54, 1.807) is 0 Å². The molecule has 34 heavy (non-hydrogen) atoms. The van der Waals surface area contributed by atoms with Crippen LogP contribution < -0.4 is 9.47 Å². The molecule has 0 radical (unpaired) electrons. The van der Waals surface area contributed by atoms with Crippen LogP contribution in [0.4, 0.5) is 5.69 Å². The van der Waals surface area contributed by atoms with Crippen molar-refractivity contribution in [3.05, 3.63) is 101 Å². The van der Waals surface area contributed by atoms with E-state index >= 15 is 0 Å². The Hall–Kier alpha value is -3.65. The largest absolute Gasteiger partial charge is 0.378 e. The van der Waals surface area contributed by atoms with Crippen LogP contribution >= 0.6 is 0 Å². The lowest BCUT2D eigenvalue weighted by Gasteiger charge is -2.20. The highest BCUT2D eigenvalue weighted by atomic mass is 15.1. The van der Waals surface area contributed by atoms with Crippen molar-refractivity contribution in [2.24, 2.45) is 0 Å². The van der Waals surface area contributed by atoms with E-state index in [0.717, 1.165) is 0 Å². The number of pyridine rings is 1. The fourth-order valence-corrected chi connectivity index (χ4v) is 5.60. The number of anilines is 1. The summed E-state index contributed by atoms with van der Waals surface area (Å²) in [7, 11) is 4.23. The Labute approximate surface area is 203 Å². The Kier molecular flexibility index (Phi) is 5.40. The number of fused-ring (bicyclic) bond motifs is 2. The first-order valence-corrected chi connectivity index (χ1v) is 12.0. The smallest absolute Gasteiger partial charge is 0.220 e. The highest BCUT2D eigenvalue weighted by Gasteiger charge is 2.26. The fourth-order valence-electron chi connectivity index (χ4n) is 5.60. The zero-order valence-corrected chi connectivity index (χ0v) is 21.3. The average molecular weight is 446 g/mol. The molecule has 2 heteroatoms. The summed E-state index contributed by atoms with van der Waals surface area (Å²) in [6, 6.07) is 26.9. The molecule has 0 saturated carbocycles. The third-order valence-corrected chi connectivity index (χ3v) is 6.90. The van der Waals surface area contributed by atoms with Gasteiger partial charge in [-0.15, -0.1) is 0 Å². The van der Waals surface area contributed by atoms with Crippen LogP contribution in [0.5, 0.6) is 0 Å². The molecule has 5 aromatic rings. The zero-order chi connectivity index (χ0) is 24.1. The lowest BCUT2D eigenvalue weighted by molar-refractivity contribution is -0.537. The van der Waals surface area contributed by atoms with Gasteiger partial charge in [-0.05, 0) is 74.6 Å². The lowest BCUT2D eigenvalue weighted by atomic mass is 9.87. The van der Waals surface area contributed by atoms with Crippen molar-refractivity contribution < 1.29 is 4.57 Å². The second-order valence-corrected chi connectivity index (χ2v) is 9.89. The lowest BCUT2D eigenvalue weighted by Crippen LogP contribution is -2.33. The maximum Gasteiger partial charge on any atom is 0.220 e. The van der Waals surface area contributed by atoms with E-state index in [2.05, 4.69) is 131 Å². The van der Waals surface area contributed by atoms with Gasteiger partial charge < -0.3 is 4.90 Å². The van der Waals surface area contributed by atoms with E-state index in [1.165, 1.54) is 72.1 Å². The van der Waals surface area contributed by atoms with Crippen LogP contribution in [0.3, 0.4) is 0 Å². The highest BCUT2D eigenvalue weighted by Crippen LogP contribution is 2.41. The molecule has 0 spiro atoms. The zero-order valence-electron chi connectivity index (χ0n) is 21.3. The van der Waals surface area contributed by atoms with Crippen LogP contribution in [-0.4, -0.2) is 14.1 Å². The monoisotopic (exact) mass is 445 g/mol. The Balaban J connectivity index is 2.10. The van der Waals surface area contributed by atoms with E-state index in [4.69, 9.17) is 0 Å². The summed E-state index contributed by atoms with van der Waals surface area (Å²) in [5.41, 5.74) is 14.1. The summed E-state index contributed by atoms with van der Waals surface area (Å²) in [5.74, 6) is 0. The predicted octanol–water partition coefficient (Wildman–Crippen LogP) is 7.54. The Morgan fingerprint density at radius 2 is 1.21 bits per heavy atom. The Morgan fingerprint density at radius 1 is 0.588 bits per heavy atom. The molecule has 0 unspecified atom stereocenters. The van der Waals surface area contributed by atoms with E-state index in [1.807, 2.05) is 0 Å². The molecular weight excluding hydrogens is 412 g/mol. The van der Waals surface area contributed by atoms with Crippen LogP contribution in [0.15, 0.2) is 72.8 Å². The number of benzene rings is 4. The second-order valence-electron chi connectivity index (χ2n) is 9.89. The summed E-state index contributed by atoms with van der Waals surface area (Å²) >= 11 is 0. The summed E-state index contributed by atoms with van der Waals surface area (Å²) < 4.78 is 2.44. The van der Waals surface area contributed by atoms with Gasteiger partial charge in [0.2, 0.25) is 16.7 Å². The molecule has 0 aliphatic carbocycles. The number of rotatable bonds is 3. The molecule has 0 aliphatic rings. The molecule has 0 aliphatic heterocycles. The van der Waals surface area contributed by atoms with Gasteiger partial charge in [0.15, 0.2) is 0 Å². The molecule has 1 aromatic heterocycles. The normalized spacial score (nSPS) is 11.4. The first-order valence-electron chi connectivity index (χ1n) is 12.0. The first kappa shape index (κ1) is 22.2. The van der Waals surface area contributed by atoms with Gasteiger partial charge in [0.25, 0.3) is 0 Å². The highest BCUT2D eigenvalue weighted by molar-refractivity contribution is 6.10. The van der Waals surface area contributed by atoms with Crippen molar-refractivity contribution >= 4 is 27.5 Å². The van der Waals surface area contributed by atoms with E-state index in [0.29, 0.717) is 0 Å². The van der Waals surface area contributed by atoms with Crippen molar-refractivity contribution in [3.63, 3.8) is 0 Å². The molecule has 170 valence electrons. The summed E-state index contributed by atoms with van der Waals surface area (Å²) in [6.45, 7) is 11.2. The van der Waals surface area contributed by atoms with E-state index in [-0.39, 0.29) is 0 Å². The molecule has 0 amide bonds. The van der Waals surface area contributed by atoms with E-state index < -0.39 is 0 Å². The molecule has 0 bridgehead atoms. The molecule has 5 rings (SSSR count). The molecule has 0 saturated heterocycles. The molecule has 1 heterocycles. The third-order valence-electron chi connectivity index (χ3n) is 6.90. The standard InChI is InChI=1S/C32H33N2/c1-20-15-22(3)30(23(4)16-20)32-27-19-26(33(6)7)13-14-28(27)34(25-11-9-8-10-12-25)29-18-21(2)17-24(5)31(29)32/h8-19H,1-7H3/q+1.